The Morgan fingerprint density at radius 1 is 0.450 bits per heavy atom. The van der Waals surface area contributed by atoms with Gasteiger partial charge in [0.2, 0.25) is 0 Å². The van der Waals surface area contributed by atoms with Crippen molar-refractivity contribution in [2.75, 3.05) is 0 Å². The number of carbonyl (C=O) groups is 2. The molecule has 416 valence electrons. The number of benzene rings is 6. The van der Waals surface area contributed by atoms with Crippen LogP contribution in [0.2, 0.25) is 0 Å². The zero-order chi connectivity index (χ0) is 57.6. The van der Waals surface area contributed by atoms with Crippen molar-refractivity contribution in [1.82, 2.24) is 30.0 Å². The standard InChI is InChI=1S/C66H72Br2N6O6/c1-63(2,3)49-25-41-21-45-29-51(65(7,8)9)31-47(61(45)79-37-55-33-73(71-69-55)35-57(75)39-13-17-53(67)18-14-39)23-43-27-50(64(4,5)6)28-44(60(43)78)24-48-32-52(66(10,11)12)30-46(22-42(26-49)59(41)77)62(48)80-38-56-34-74(72-70-56)36-58(76)40-15-19-54(68)20-16-40/h13-20,25-34,77-78H,21-24,35-38H2,1-12H3. The summed E-state index contributed by atoms with van der Waals surface area (Å²) in [6, 6.07) is 31.7. The second kappa shape index (κ2) is 22.6. The number of Topliss-reactive ketones (excluding diaryl/α,β-unsaturated/α-hetero) is 2. The number of aromatic nitrogens is 6. The first-order valence-corrected chi connectivity index (χ1v) is 28.8. The fourth-order valence-corrected chi connectivity index (χ4v) is 10.5. The van der Waals surface area contributed by atoms with Gasteiger partial charge < -0.3 is 19.7 Å². The van der Waals surface area contributed by atoms with Crippen molar-refractivity contribution in [3.8, 4) is 23.0 Å². The van der Waals surface area contributed by atoms with Crippen LogP contribution in [0, 0.1) is 0 Å². The van der Waals surface area contributed by atoms with E-state index in [4.69, 9.17) is 9.47 Å². The number of rotatable bonds is 12. The monoisotopic (exact) mass is 1200 g/mol. The largest absolute Gasteiger partial charge is 0.507 e. The highest BCUT2D eigenvalue weighted by atomic mass is 79.9. The van der Waals surface area contributed by atoms with Gasteiger partial charge >= 0.3 is 0 Å². The molecule has 2 heterocycles. The first-order valence-electron chi connectivity index (χ1n) is 27.2. The number of phenols is 2. The Labute approximate surface area is 487 Å². The minimum atomic E-state index is -0.298. The lowest BCUT2D eigenvalue weighted by atomic mass is 9.79. The summed E-state index contributed by atoms with van der Waals surface area (Å²) in [5.41, 5.74) is 11.7. The molecule has 0 aliphatic heterocycles. The molecule has 0 spiro atoms. The van der Waals surface area contributed by atoms with E-state index < -0.39 is 0 Å². The van der Waals surface area contributed by atoms with E-state index >= 15 is 0 Å². The number of hydrogen-bond acceptors (Lipinski definition) is 10. The van der Waals surface area contributed by atoms with Crippen molar-refractivity contribution in [3.05, 3.63) is 208 Å². The molecule has 0 unspecified atom stereocenters. The van der Waals surface area contributed by atoms with Gasteiger partial charge in [-0.25, -0.2) is 9.36 Å². The lowest BCUT2D eigenvalue weighted by Gasteiger charge is -2.28. The molecule has 2 aromatic heterocycles. The molecule has 14 heteroatoms. The Morgan fingerprint density at radius 2 is 0.713 bits per heavy atom. The molecule has 0 saturated heterocycles. The van der Waals surface area contributed by atoms with E-state index in [9.17, 15) is 19.8 Å². The fraction of sp³-hybridized carbons (Fsp3) is 0.364. The Hall–Kier alpha value is -6.90. The van der Waals surface area contributed by atoms with Gasteiger partial charge in [-0.3, -0.25) is 9.59 Å². The zero-order valence-corrected chi connectivity index (χ0v) is 51.2. The van der Waals surface area contributed by atoms with Crippen LogP contribution in [-0.2, 0) is 73.6 Å². The molecule has 2 N–H and O–H groups in total. The molecule has 0 amide bonds. The summed E-state index contributed by atoms with van der Waals surface area (Å²) in [5, 5.41) is 43.2. The van der Waals surface area contributed by atoms with Crippen LogP contribution in [-0.4, -0.2) is 51.8 Å². The van der Waals surface area contributed by atoms with Crippen LogP contribution < -0.4 is 9.47 Å². The van der Waals surface area contributed by atoms with Gasteiger partial charge in [0.1, 0.15) is 60.7 Å². The smallest absolute Gasteiger partial charge is 0.184 e. The lowest BCUT2D eigenvalue weighted by Crippen LogP contribution is -2.16. The average Bonchev–Trinajstić information content (AvgIpc) is 4.03. The first-order chi connectivity index (χ1) is 37.5. The van der Waals surface area contributed by atoms with Gasteiger partial charge in [-0.15, -0.1) is 10.2 Å². The summed E-state index contributed by atoms with van der Waals surface area (Å²) in [6.45, 7) is 26.4. The van der Waals surface area contributed by atoms with Crippen molar-refractivity contribution in [1.29, 1.82) is 0 Å². The molecule has 8 bridgehead atoms. The molecule has 0 radical (unpaired) electrons. The second-order valence-electron chi connectivity index (χ2n) is 25.5. The number of aromatic hydroxyl groups is 2. The molecule has 9 rings (SSSR count). The van der Waals surface area contributed by atoms with Crippen molar-refractivity contribution in [2.45, 2.75) is 157 Å². The van der Waals surface area contributed by atoms with Gasteiger partial charge in [0.05, 0.1) is 12.4 Å². The summed E-state index contributed by atoms with van der Waals surface area (Å²) in [7, 11) is 0. The highest BCUT2D eigenvalue weighted by Gasteiger charge is 2.29. The predicted molar refractivity (Wildman–Crippen MR) is 321 cm³/mol. The number of nitrogens with zero attached hydrogens (tertiary/aromatic N) is 6. The van der Waals surface area contributed by atoms with Crippen LogP contribution in [0.4, 0.5) is 0 Å². The van der Waals surface area contributed by atoms with Crippen molar-refractivity contribution < 1.29 is 29.3 Å². The van der Waals surface area contributed by atoms with Crippen molar-refractivity contribution in [3.63, 3.8) is 0 Å². The number of fused-ring (bicyclic) bond motifs is 8. The third kappa shape index (κ3) is 13.5. The van der Waals surface area contributed by atoms with E-state index in [1.807, 2.05) is 24.3 Å². The maximum atomic E-state index is 13.3. The topological polar surface area (TPSA) is 154 Å². The molecule has 0 atom stereocenters. The number of halogens is 2. The van der Waals surface area contributed by atoms with E-state index in [-0.39, 0.29) is 71.0 Å². The minimum Gasteiger partial charge on any atom is -0.507 e. The quantitative estimate of drug-likeness (QED) is 0.113. The van der Waals surface area contributed by atoms with Crippen LogP contribution in [0.1, 0.15) is 182 Å². The van der Waals surface area contributed by atoms with Crippen LogP contribution in [0.25, 0.3) is 0 Å². The van der Waals surface area contributed by atoms with E-state index in [2.05, 4.69) is 184 Å². The van der Waals surface area contributed by atoms with E-state index in [1.165, 1.54) is 9.36 Å². The van der Waals surface area contributed by atoms with Gasteiger partial charge in [-0.2, -0.15) is 0 Å². The number of carbonyl (C=O) groups excluding carboxylic acids is 2. The van der Waals surface area contributed by atoms with Crippen molar-refractivity contribution in [2.24, 2.45) is 0 Å². The van der Waals surface area contributed by atoms with Crippen LogP contribution in [0.3, 0.4) is 0 Å². The summed E-state index contributed by atoms with van der Waals surface area (Å²) >= 11 is 6.90. The van der Waals surface area contributed by atoms with Crippen molar-refractivity contribution >= 4 is 43.4 Å². The maximum absolute atomic E-state index is 13.3. The Morgan fingerprint density at radius 3 is 0.975 bits per heavy atom. The number of ketones is 2. The number of ether oxygens (including phenoxy) is 2. The molecule has 1 aliphatic rings. The van der Waals surface area contributed by atoms with Gasteiger partial charge in [0.25, 0.3) is 0 Å². The van der Waals surface area contributed by atoms with Crippen LogP contribution >= 0.6 is 31.9 Å². The normalized spacial score (nSPS) is 13.1. The predicted octanol–water partition coefficient (Wildman–Crippen LogP) is 14.6. The van der Waals surface area contributed by atoms with Gasteiger partial charge in [0, 0.05) is 45.8 Å². The van der Waals surface area contributed by atoms with Gasteiger partial charge in [-0.05, 0) is 113 Å². The molecular formula is C66H72Br2N6O6. The molecule has 12 nitrogen and oxygen atoms in total. The Balaban J connectivity index is 1.19. The highest BCUT2D eigenvalue weighted by Crippen LogP contribution is 2.44. The van der Waals surface area contributed by atoms with Gasteiger partial charge in [0.15, 0.2) is 11.6 Å². The summed E-state index contributed by atoms with van der Waals surface area (Å²) in [4.78, 5) is 26.6. The Kier molecular flexibility index (Phi) is 16.3. The number of hydrogen-bond donors (Lipinski definition) is 2. The molecule has 8 aromatic rings. The fourth-order valence-electron chi connectivity index (χ4n) is 10.0. The Bertz CT molecular complexity index is 3290. The van der Waals surface area contributed by atoms with Gasteiger partial charge in [-0.1, -0.05) is 198 Å². The lowest BCUT2D eigenvalue weighted by molar-refractivity contribution is 0.0959. The summed E-state index contributed by atoms with van der Waals surface area (Å²) in [6.07, 6.45) is 4.75. The summed E-state index contributed by atoms with van der Waals surface area (Å²) < 4.78 is 18.8. The second-order valence-corrected chi connectivity index (χ2v) is 27.3. The van der Waals surface area contributed by atoms with Crippen LogP contribution in [0.5, 0.6) is 23.0 Å². The zero-order valence-electron chi connectivity index (χ0n) is 48.0. The summed E-state index contributed by atoms with van der Waals surface area (Å²) in [5.74, 6) is 1.42. The maximum Gasteiger partial charge on any atom is 0.184 e. The van der Waals surface area contributed by atoms with E-state index in [1.54, 1.807) is 36.7 Å². The SMILES string of the molecule is CC(C)(C)c1cc2c(O)c(c1)Cc1cc(C(C)(C)C)cc(c1OCc1cn(CC(=O)c3ccc(Br)cc3)nn1)Cc1cc(C(C)(C)C)cc(c1O)Cc1cc(C(C)(C)C)cc(c1OCc1cn(CC(=O)c3ccc(Br)cc3)nn1)C2. The average molecular weight is 1210 g/mol. The molecule has 6 aromatic carbocycles. The van der Waals surface area contributed by atoms with Crippen LogP contribution in [0.15, 0.2) is 118 Å². The molecule has 0 fully saturated rings. The molecule has 80 heavy (non-hydrogen) atoms. The third-order valence-corrected chi connectivity index (χ3v) is 15.9. The minimum absolute atomic E-state index is 0.0119. The molecular weight excluding hydrogens is 1130 g/mol. The van der Waals surface area contributed by atoms with E-state index in [0.717, 1.165) is 75.7 Å². The number of phenolic OH excluding ortho intramolecular Hbond substituents is 2. The molecule has 1 aliphatic carbocycles. The first kappa shape index (κ1) is 57.8. The highest BCUT2D eigenvalue weighted by molar-refractivity contribution is 9.10. The molecule has 0 saturated carbocycles. The van der Waals surface area contributed by atoms with E-state index in [0.29, 0.717) is 59.7 Å². The third-order valence-electron chi connectivity index (χ3n) is 14.9.